The van der Waals surface area contributed by atoms with Gasteiger partial charge in [-0.3, -0.25) is 14.9 Å². The van der Waals surface area contributed by atoms with Crippen molar-refractivity contribution in [1.82, 2.24) is 4.57 Å². The molecular weight excluding hydrogens is 302 g/mol. The molecule has 0 bridgehead atoms. The van der Waals surface area contributed by atoms with E-state index in [1.807, 2.05) is 47.3 Å². The van der Waals surface area contributed by atoms with Gasteiger partial charge in [0.15, 0.2) is 4.80 Å². The number of hydrogen-bond acceptors (Lipinski definition) is 4. The summed E-state index contributed by atoms with van der Waals surface area (Å²) in [6, 6.07) is 7.40. The number of aryl methyl sites for hydroxylation is 1. The third-order valence-electron chi connectivity index (χ3n) is 3.68. The van der Waals surface area contributed by atoms with E-state index in [2.05, 4.69) is 4.99 Å². The first-order valence-corrected chi connectivity index (χ1v) is 7.84. The zero-order chi connectivity index (χ0) is 15.7. The molecule has 0 unspecified atom stereocenters. The third kappa shape index (κ3) is 3.14. The topological polar surface area (TPSA) is 77.5 Å². The van der Waals surface area contributed by atoms with Crippen LogP contribution in [0.3, 0.4) is 0 Å². The number of aromatic nitrogens is 1. The molecule has 1 fully saturated rings. The third-order valence-corrected chi connectivity index (χ3v) is 4.48. The average molecular weight is 317 g/mol. The number of amides is 1. The van der Waals surface area contributed by atoms with E-state index in [0.29, 0.717) is 17.8 Å². The molecule has 3 rings (SSSR count). The Morgan fingerprint density at radius 1 is 1.45 bits per heavy atom. The van der Waals surface area contributed by atoms with Crippen LogP contribution in [0.4, 0.5) is 0 Å². The van der Waals surface area contributed by atoms with E-state index in [1.54, 1.807) is 0 Å². The summed E-state index contributed by atoms with van der Waals surface area (Å²) in [4.78, 5) is 26.8. The van der Waals surface area contributed by atoms with Gasteiger partial charge < -0.3 is 4.57 Å². The molecule has 0 spiro atoms. The van der Waals surface area contributed by atoms with Gasteiger partial charge in [0.05, 0.1) is 0 Å². The second-order valence-electron chi connectivity index (χ2n) is 5.44. The summed E-state index contributed by atoms with van der Waals surface area (Å²) in [6.45, 7) is 2.65. The largest absolute Gasteiger partial charge is 0.319 e. The number of hydrogen-bond donors (Lipinski definition) is 0. The van der Waals surface area contributed by atoms with Gasteiger partial charge in [0, 0.05) is 29.5 Å². The van der Waals surface area contributed by atoms with Gasteiger partial charge in [0.2, 0.25) is 6.04 Å². The minimum absolute atomic E-state index is 0.304. The molecule has 7 heteroatoms. The van der Waals surface area contributed by atoms with E-state index in [-0.39, 0.29) is 5.91 Å². The molecule has 1 heterocycles. The predicted octanol–water partition coefficient (Wildman–Crippen LogP) is 2.00. The van der Waals surface area contributed by atoms with Gasteiger partial charge in [-0.2, -0.15) is 4.99 Å². The fraction of sp³-hybridized carbons (Fsp3) is 0.333. The van der Waals surface area contributed by atoms with Crippen LogP contribution in [0.5, 0.6) is 0 Å². The Balaban J connectivity index is 1.77. The highest BCUT2D eigenvalue weighted by Gasteiger charge is 2.53. The Hall–Kier alpha value is -2.28. The Morgan fingerprint density at radius 2 is 2.18 bits per heavy atom. The lowest BCUT2D eigenvalue weighted by Crippen LogP contribution is -2.18. The predicted molar refractivity (Wildman–Crippen MR) is 82.0 cm³/mol. The van der Waals surface area contributed by atoms with Crippen LogP contribution >= 0.6 is 11.3 Å². The van der Waals surface area contributed by atoms with Crippen molar-refractivity contribution in [3.05, 3.63) is 61.9 Å². The fourth-order valence-corrected chi connectivity index (χ4v) is 2.99. The maximum absolute atomic E-state index is 12.0. The lowest BCUT2D eigenvalue weighted by atomic mass is 10.1. The molecule has 1 aromatic carbocycles. The molecule has 6 nitrogen and oxygen atoms in total. The minimum Gasteiger partial charge on any atom is -0.319 e. The molecule has 1 aliphatic carbocycles. The van der Waals surface area contributed by atoms with E-state index in [0.717, 1.165) is 5.56 Å². The van der Waals surface area contributed by atoms with Crippen molar-refractivity contribution in [1.29, 1.82) is 0 Å². The number of nitro groups is 1. The van der Waals surface area contributed by atoms with E-state index in [9.17, 15) is 14.9 Å². The second-order valence-corrected chi connectivity index (χ2v) is 6.32. The Kier molecular flexibility index (Phi) is 3.89. The van der Waals surface area contributed by atoms with Crippen molar-refractivity contribution in [2.45, 2.75) is 25.9 Å². The maximum atomic E-state index is 12.0. The van der Waals surface area contributed by atoms with Crippen molar-refractivity contribution < 1.29 is 9.72 Å². The Labute approximate surface area is 130 Å². The Bertz CT molecular complexity index is 776. The van der Waals surface area contributed by atoms with E-state index >= 15 is 0 Å². The zero-order valence-electron chi connectivity index (χ0n) is 12.0. The van der Waals surface area contributed by atoms with Crippen molar-refractivity contribution >= 4 is 17.2 Å². The molecule has 114 valence electrons. The van der Waals surface area contributed by atoms with Crippen LogP contribution in [0.1, 0.15) is 17.5 Å². The number of carbonyl (C=O) groups is 1. The maximum Gasteiger partial charge on any atom is 0.258 e. The lowest BCUT2D eigenvalue weighted by Gasteiger charge is -2.03. The summed E-state index contributed by atoms with van der Waals surface area (Å²) in [5, 5.41) is 12.5. The van der Waals surface area contributed by atoms with Crippen LogP contribution in [0.15, 0.2) is 40.8 Å². The van der Waals surface area contributed by atoms with Crippen molar-refractivity contribution in [2.24, 2.45) is 10.9 Å². The normalized spacial score (nSPS) is 20.9. The van der Waals surface area contributed by atoms with Crippen LogP contribution in [0, 0.1) is 23.0 Å². The summed E-state index contributed by atoms with van der Waals surface area (Å²) < 4.78 is 1.89. The van der Waals surface area contributed by atoms with E-state index in [1.165, 1.54) is 16.9 Å². The molecule has 0 radical (unpaired) electrons. The Morgan fingerprint density at radius 3 is 2.82 bits per heavy atom. The quantitative estimate of drug-likeness (QED) is 0.639. The molecule has 1 amide bonds. The molecular formula is C15H15N3O3S. The number of carbonyl (C=O) groups excluding carboxylic acids is 1. The van der Waals surface area contributed by atoms with Crippen molar-refractivity contribution in [3.63, 3.8) is 0 Å². The fourth-order valence-electron chi connectivity index (χ4n) is 2.25. The second kappa shape index (κ2) is 5.84. The molecule has 2 atom stereocenters. The summed E-state index contributed by atoms with van der Waals surface area (Å²) in [6.07, 6.45) is 2.17. The number of thiazole rings is 1. The van der Waals surface area contributed by atoms with Crippen LogP contribution in [0.25, 0.3) is 0 Å². The number of nitrogens with zero attached hydrogens (tertiary/aromatic N) is 3. The van der Waals surface area contributed by atoms with Gasteiger partial charge in [-0.05, 0) is 12.5 Å². The number of benzene rings is 1. The highest BCUT2D eigenvalue weighted by Crippen LogP contribution is 2.33. The van der Waals surface area contributed by atoms with Gasteiger partial charge in [0.1, 0.15) is 5.92 Å². The minimum atomic E-state index is -0.748. The number of rotatable bonds is 4. The summed E-state index contributed by atoms with van der Waals surface area (Å²) in [5.41, 5.74) is 2.31. The van der Waals surface area contributed by atoms with E-state index in [4.69, 9.17) is 0 Å². The zero-order valence-corrected chi connectivity index (χ0v) is 12.8. The van der Waals surface area contributed by atoms with Crippen LogP contribution in [-0.4, -0.2) is 21.4 Å². The monoisotopic (exact) mass is 317 g/mol. The summed E-state index contributed by atoms with van der Waals surface area (Å²) >= 11 is 1.36. The van der Waals surface area contributed by atoms with Crippen LogP contribution in [0.2, 0.25) is 0 Å². The molecule has 0 saturated heterocycles. The first-order valence-electron chi connectivity index (χ1n) is 6.96. The van der Waals surface area contributed by atoms with Crippen LogP contribution in [-0.2, 0) is 11.3 Å². The first kappa shape index (κ1) is 14.6. The van der Waals surface area contributed by atoms with Gasteiger partial charge >= 0.3 is 0 Å². The van der Waals surface area contributed by atoms with E-state index < -0.39 is 16.9 Å². The first-order chi connectivity index (χ1) is 10.5. The molecule has 0 N–H and O–H groups in total. The lowest BCUT2D eigenvalue weighted by molar-refractivity contribution is -0.497. The standard InChI is InChI=1S/C15H15N3O3S/c1-10-2-4-11(5-3-10)9-17-6-7-22-15(17)16-14(19)12-8-13(12)18(20)21/h2-7,12-13H,8-9H2,1H3/t12-,13-/m1/s1. The highest BCUT2D eigenvalue weighted by molar-refractivity contribution is 7.07. The highest BCUT2D eigenvalue weighted by atomic mass is 32.1. The molecule has 2 aromatic rings. The molecule has 22 heavy (non-hydrogen) atoms. The summed E-state index contributed by atoms with van der Waals surface area (Å²) in [7, 11) is 0. The molecule has 1 aromatic heterocycles. The van der Waals surface area contributed by atoms with Gasteiger partial charge in [-0.25, -0.2) is 0 Å². The van der Waals surface area contributed by atoms with Gasteiger partial charge in [0.25, 0.3) is 5.91 Å². The SMILES string of the molecule is Cc1ccc(Cn2ccsc2=NC(=O)[C@@H]2C[C@H]2[N+](=O)[O-])cc1. The van der Waals surface area contributed by atoms with Gasteiger partial charge in [-0.15, -0.1) is 11.3 Å². The average Bonchev–Trinajstić information content (AvgIpc) is 3.19. The summed E-state index contributed by atoms with van der Waals surface area (Å²) in [5.74, 6) is -0.938. The molecule has 1 saturated carbocycles. The van der Waals surface area contributed by atoms with Crippen molar-refractivity contribution in [2.75, 3.05) is 0 Å². The van der Waals surface area contributed by atoms with Crippen LogP contribution < -0.4 is 4.80 Å². The van der Waals surface area contributed by atoms with Gasteiger partial charge in [-0.1, -0.05) is 29.8 Å². The molecule has 0 aliphatic heterocycles. The van der Waals surface area contributed by atoms with Crippen molar-refractivity contribution in [3.8, 4) is 0 Å². The smallest absolute Gasteiger partial charge is 0.258 e. The molecule has 1 aliphatic rings.